The zero-order valence-electron chi connectivity index (χ0n) is 12.8. The van der Waals surface area contributed by atoms with E-state index in [0.717, 1.165) is 16.5 Å². The van der Waals surface area contributed by atoms with Crippen molar-refractivity contribution in [1.82, 2.24) is 5.32 Å². The standard InChI is InChI=1S/C17H23NO3/c1-12(2)18-11-10-17(19)21-16-9-8-15(20-3)13-6-4-5-7-14(13)16/h4-9,12,17-19H,10-11H2,1-3H3. The molecule has 0 heterocycles. The highest BCUT2D eigenvalue weighted by atomic mass is 16.6. The van der Waals surface area contributed by atoms with Crippen LogP contribution in [0.4, 0.5) is 0 Å². The molecule has 2 N–H and O–H groups in total. The van der Waals surface area contributed by atoms with Gasteiger partial charge in [0.1, 0.15) is 11.5 Å². The number of rotatable bonds is 7. The van der Waals surface area contributed by atoms with Gasteiger partial charge >= 0.3 is 0 Å². The van der Waals surface area contributed by atoms with Crippen LogP contribution in [0, 0.1) is 0 Å². The average Bonchev–Trinajstić information content (AvgIpc) is 2.47. The zero-order valence-corrected chi connectivity index (χ0v) is 12.8. The number of methoxy groups -OCH3 is 1. The monoisotopic (exact) mass is 289 g/mol. The number of hydrogen-bond acceptors (Lipinski definition) is 4. The molecule has 0 spiro atoms. The molecule has 0 saturated carbocycles. The molecule has 114 valence electrons. The highest BCUT2D eigenvalue weighted by Gasteiger charge is 2.11. The molecule has 2 aromatic carbocycles. The Hall–Kier alpha value is -1.78. The Morgan fingerprint density at radius 3 is 2.29 bits per heavy atom. The average molecular weight is 289 g/mol. The highest BCUT2D eigenvalue weighted by Crippen LogP contribution is 2.33. The molecule has 4 nitrogen and oxygen atoms in total. The summed E-state index contributed by atoms with van der Waals surface area (Å²) in [6.07, 6.45) is -0.286. The second kappa shape index (κ2) is 7.29. The largest absolute Gasteiger partial charge is 0.496 e. The van der Waals surface area contributed by atoms with E-state index < -0.39 is 6.29 Å². The van der Waals surface area contributed by atoms with E-state index in [2.05, 4.69) is 19.2 Å². The molecule has 2 aromatic rings. The van der Waals surface area contributed by atoms with Crippen LogP contribution in [0.3, 0.4) is 0 Å². The lowest BCUT2D eigenvalue weighted by Crippen LogP contribution is -2.28. The molecule has 1 unspecified atom stereocenters. The van der Waals surface area contributed by atoms with Crippen LogP contribution in [-0.2, 0) is 0 Å². The van der Waals surface area contributed by atoms with Crippen molar-refractivity contribution in [2.45, 2.75) is 32.6 Å². The zero-order chi connectivity index (χ0) is 15.2. The van der Waals surface area contributed by atoms with Gasteiger partial charge in [0.25, 0.3) is 0 Å². The maximum Gasteiger partial charge on any atom is 0.198 e. The second-order valence-electron chi connectivity index (χ2n) is 5.28. The minimum absolute atomic E-state index is 0.402. The number of fused-ring (bicyclic) bond motifs is 1. The first-order chi connectivity index (χ1) is 10.1. The fourth-order valence-electron chi connectivity index (χ4n) is 2.23. The Kier molecular flexibility index (Phi) is 5.42. The molecule has 0 fully saturated rings. The summed E-state index contributed by atoms with van der Waals surface area (Å²) in [6, 6.07) is 11.9. The Balaban J connectivity index is 2.12. The third-order valence-electron chi connectivity index (χ3n) is 3.27. The smallest absolute Gasteiger partial charge is 0.198 e. The molecule has 1 atom stereocenters. The first kappa shape index (κ1) is 15.6. The number of benzene rings is 2. The van der Waals surface area contributed by atoms with E-state index >= 15 is 0 Å². The molecule has 0 aliphatic rings. The van der Waals surface area contributed by atoms with Gasteiger partial charge in [-0.05, 0) is 12.1 Å². The minimum Gasteiger partial charge on any atom is -0.496 e. The van der Waals surface area contributed by atoms with Crippen LogP contribution in [0.2, 0.25) is 0 Å². The maximum atomic E-state index is 10.0. The van der Waals surface area contributed by atoms with Crippen molar-refractivity contribution >= 4 is 10.8 Å². The lowest BCUT2D eigenvalue weighted by Gasteiger charge is -2.17. The van der Waals surface area contributed by atoms with Gasteiger partial charge in [0.2, 0.25) is 0 Å². The van der Waals surface area contributed by atoms with Crippen LogP contribution in [0.25, 0.3) is 10.8 Å². The summed E-state index contributed by atoms with van der Waals surface area (Å²) in [7, 11) is 1.65. The summed E-state index contributed by atoms with van der Waals surface area (Å²) in [5.74, 6) is 1.47. The molecular formula is C17H23NO3. The predicted molar refractivity (Wildman–Crippen MR) is 84.9 cm³/mol. The third-order valence-corrected chi connectivity index (χ3v) is 3.27. The summed E-state index contributed by atoms with van der Waals surface area (Å²) < 4.78 is 11.0. The van der Waals surface area contributed by atoms with Crippen LogP contribution >= 0.6 is 0 Å². The van der Waals surface area contributed by atoms with Gasteiger partial charge in [-0.3, -0.25) is 0 Å². The minimum atomic E-state index is -0.826. The van der Waals surface area contributed by atoms with Gasteiger partial charge in [0.05, 0.1) is 7.11 Å². The van der Waals surface area contributed by atoms with Crippen LogP contribution in [0.1, 0.15) is 20.3 Å². The molecule has 4 heteroatoms. The predicted octanol–water partition coefficient (Wildman–Crippen LogP) is 2.93. The van der Waals surface area contributed by atoms with Gasteiger partial charge in [0, 0.05) is 29.8 Å². The lowest BCUT2D eigenvalue weighted by molar-refractivity contribution is -0.0215. The van der Waals surface area contributed by atoms with Crippen LogP contribution in [0.5, 0.6) is 11.5 Å². The molecule has 0 bridgehead atoms. The second-order valence-corrected chi connectivity index (χ2v) is 5.28. The maximum absolute atomic E-state index is 10.0. The number of hydrogen-bond donors (Lipinski definition) is 2. The Morgan fingerprint density at radius 1 is 1.05 bits per heavy atom. The Bertz CT molecular complexity index is 583. The van der Waals surface area contributed by atoms with E-state index in [0.29, 0.717) is 24.8 Å². The van der Waals surface area contributed by atoms with E-state index in [9.17, 15) is 5.11 Å². The summed E-state index contributed by atoms with van der Waals surface area (Å²) >= 11 is 0. The lowest BCUT2D eigenvalue weighted by atomic mass is 10.1. The molecular weight excluding hydrogens is 266 g/mol. The summed E-state index contributed by atoms with van der Waals surface area (Å²) in [5, 5.41) is 15.2. The molecule has 0 radical (unpaired) electrons. The van der Waals surface area contributed by atoms with Gasteiger partial charge in [-0.25, -0.2) is 0 Å². The van der Waals surface area contributed by atoms with Gasteiger partial charge in [-0.15, -0.1) is 0 Å². The van der Waals surface area contributed by atoms with Crippen LogP contribution in [0.15, 0.2) is 36.4 Å². The van der Waals surface area contributed by atoms with E-state index in [1.165, 1.54) is 0 Å². The number of nitrogens with one attached hydrogen (secondary N) is 1. The van der Waals surface area contributed by atoms with Crippen molar-refractivity contribution < 1.29 is 14.6 Å². The van der Waals surface area contributed by atoms with E-state index in [-0.39, 0.29) is 0 Å². The summed E-state index contributed by atoms with van der Waals surface area (Å²) in [4.78, 5) is 0. The van der Waals surface area contributed by atoms with Crippen molar-refractivity contribution in [3.8, 4) is 11.5 Å². The Labute approximate surface area is 125 Å². The number of ether oxygens (including phenoxy) is 2. The molecule has 2 rings (SSSR count). The number of aliphatic hydroxyl groups is 1. The number of aliphatic hydroxyl groups excluding tert-OH is 1. The van der Waals surface area contributed by atoms with Crippen molar-refractivity contribution in [1.29, 1.82) is 0 Å². The summed E-state index contributed by atoms with van der Waals surface area (Å²) in [5.41, 5.74) is 0. The molecule has 0 amide bonds. The van der Waals surface area contributed by atoms with Gasteiger partial charge in [0.15, 0.2) is 6.29 Å². The topological polar surface area (TPSA) is 50.7 Å². The van der Waals surface area contributed by atoms with Crippen molar-refractivity contribution in [3.05, 3.63) is 36.4 Å². The van der Waals surface area contributed by atoms with E-state index in [4.69, 9.17) is 9.47 Å². The Morgan fingerprint density at radius 2 is 1.67 bits per heavy atom. The molecule has 21 heavy (non-hydrogen) atoms. The van der Waals surface area contributed by atoms with Crippen LogP contribution < -0.4 is 14.8 Å². The van der Waals surface area contributed by atoms with E-state index in [1.54, 1.807) is 7.11 Å². The van der Waals surface area contributed by atoms with Gasteiger partial charge in [-0.1, -0.05) is 38.1 Å². The first-order valence-corrected chi connectivity index (χ1v) is 7.25. The van der Waals surface area contributed by atoms with Crippen molar-refractivity contribution in [3.63, 3.8) is 0 Å². The fourth-order valence-corrected chi connectivity index (χ4v) is 2.23. The van der Waals surface area contributed by atoms with Crippen LogP contribution in [-0.4, -0.2) is 31.1 Å². The molecule has 0 aliphatic heterocycles. The summed E-state index contributed by atoms with van der Waals surface area (Å²) in [6.45, 7) is 4.86. The fraction of sp³-hybridized carbons (Fsp3) is 0.412. The third kappa shape index (κ3) is 4.09. The van der Waals surface area contributed by atoms with Gasteiger partial charge in [-0.2, -0.15) is 0 Å². The van der Waals surface area contributed by atoms with Gasteiger partial charge < -0.3 is 19.9 Å². The molecule has 0 aromatic heterocycles. The van der Waals surface area contributed by atoms with Crippen molar-refractivity contribution in [2.75, 3.05) is 13.7 Å². The van der Waals surface area contributed by atoms with Crippen molar-refractivity contribution in [2.24, 2.45) is 0 Å². The normalized spacial score (nSPS) is 12.6. The molecule has 0 aliphatic carbocycles. The first-order valence-electron chi connectivity index (χ1n) is 7.25. The van der Waals surface area contributed by atoms with E-state index in [1.807, 2.05) is 36.4 Å². The quantitative estimate of drug-likeness (QED) is 0.770. The SMILES string of the molecule is COc1ccc(OC(O)CCNC(C)C)c2ccccc12. The molecule has 0 saturated heterocycles. The highest BCUT2D eigenvalue weighted by molar-refractivity contribution is 5.93.